The van der Waals surface area contributed by atoms with Gasteiger partial charge in [0.2, 0.25) is 0 Å². The molecule has 1 aromatic rings. The molecule has 1 aromatic carbocycles. The van der Waals surface area contributed by atoms with E-state index in [0.29, 0.717) is 12.1 Å². The number of hydrogen-bond donors (Lipinski definition) is 2. The van der Waals surface area contributed by atoms with Gasteiger partial charge in [0, 0.05) is 18.9 Å². The normalized spacial score (nSPS) is 14.1. The van der Waals surface area contributed by atoms with Gasteiger partial charge < -0.3 is 15.2 Å². The zero-order valence-electron chi connectivity index (χ0n) is 10.7. The van der Waals surface area contributed by atoms with Crippen LogP contribution in [0.3, 0.4) is 0 Å². The zero-order chi connectivity index (χ0) is 13.1. The van der Waals surface area contributed by atoms with Gasteiger partial charge in [-0.1, -0.05) is 13.0 Å². The highest BCUT2D eigenvalue weighted by atomic mass is 16.5. The highest BCUT2D eigenvalue weighted by molar-refractivity contribution is 5.97. The van der Waals surface area contributed by atoms with E-state index < -0.39 is 5.60 Å². The van der Waals surface area contributed by atoms with Gasteiger partial charge in [0.15, 0.2) is 0 Å². The van der Waals surface area contributed by atoms with E-state index in [1.807, 2.05) is 6.92 Å². The Morgan fingerprint density at radius 2 is 2.18 bits per heavy atom. The Bertz CT molecular complexity index is 411. The molecule has 2 N–H and O–H groups in total. The lowest BCUT2D eigenvalue weighted by Crippen LogP contribution is -2.41. The van der Waals surface area contributed by atoms with Crippen LogP contribution in [0.4, 0.5) is 5.69 Å². The van der Waals surface area contributed by atoms with E-state index in [4.69, 9.17) is 4.74 Å². The summed E-state index contributed by atoms with van der Waals surface area (Å²) in [4.78, 5) is 12.0. The largest absolute Gasteiger partial charge is 0.508 e. The van der Waals surface area contributed by atoms with Gasteiger partial charge in [-0.2, -0.15) is 0 Å². The summed E-state index contributed by atoms with van der Waals surface area (Å²) in [5, 5.41) is 12.3. The van der Waals surface area contributed by atoms with E-state index in [2.05, 4.69) is 5.32 Å². The average Bonchev–Trinajstić information content (AvgIpc) is 2.32. The Kier molecular flexibility index (Phi) is 4.12. The van der Waals surface area contributed by atoms with E-state index in [-0.39, 0.29) is 11.7 Å². The van der Waals surface area contributed by atoms with Crippen LogP contribution in [0.15, 0.2) is 18.2 Å². The number of carbonyl (C=O) groups is 1. The first kappa shape index (κ1) is 13.5. The number of nitrogens with one attached hydrogen (secondary N) is 1. The zero-order valence-corrected chi connectivity index (χ0v) is 10.7. The van der Waals surface area contributed by atoms with Gasteiger partial charge in [-0.05, 0) is 31.9 Å². The maximum absolute atomic E-state index is 12.0. The molecule has 0 bridgehead atoms. The minimum absolute atomic E-state index is 0.165. The maximum Gasteiger partial charge on any atom is 0.256 e. The van der Waals surface area contributed by atoms with Gasteiger partial charge in [0.25, 0.3) is 5.91 Å². The van der Waals surface area contributed by atoms with Crippen LogP contribution in [0.25, 0.3) is 0 Å². The number of phenols is 1. The summed E-state index contributed by atoms with van der Waals surface area (Å²) in [6, 6.07) is 5.03. The van der Waals surface area contributed by atoms with Crippen LogP contribution in [0, 0.1) is 6.92 Å². The highest BCUT2D eigenvalue weighted by Gasteiger charge is 2.30. The van der Waals surface area contributed by atoms with Crippen LogP contribution < -0.4 is 5.32 Å². The molecule has 0 aromatic heterocycles. The Labute approximate surface area is 102 Å². The van der Waals surface area contributed by atoms with E-state index in [1.54, 1.807) is 26.0 Å². The van der Waals surface area contributed by atoms with Gasteiger partial charge in [0.05, 0.1) is 0 Å². The molecule has 1 amide bonds. The molecule has 94 valence electrons. The molecule has 1 unspecified atom stereocenters. The van der Waals surface area contributed by atoms with Gasteiger partial charge in [-0.25, -0.2) is 0 Å². The van der Waals surface area contributed by atoms with Crippen molar-refractivity contribution in [1.29, 1.82) is 0 Å². The van der Waals surface area contributed by atoms with Gasteiger partial charge in [-0.15, -0.1) is 0 Å². The standard InChI is InChI=1S/C13H19NO3/c1-5-13(3,17-4)12(16)14-10-7-6-9(2)11(15)8-10/h6-8,15H,5H2,1-4H3,(H,14,16). The number of phenolic OH excluding ortho intramolecular Hbond substituents is 1. The quantitative estimate of drug-likeness (QED) is 0.845. The van der Waals surface area contributed by atoms with Crippen molar-refractivity contribution in [2.45, 2.75) is 32.8 Å². The van der Waals surface area contributed by atoms with Crippen molar-refractivity contribution < 1.29 is 14.6 Å². The highest BCUT2D eigenvalue weighted by Crippen LogP contribution is 2.23. The third-order valence-electron chi connectivity index (χ3n) is 3.07. The molecule has 1 atom stereocenters. The number of aryl methyl sites for hydroxylation is 1. The van der Waals surface area contributed by atoms with Crippen molar-refractivity contribution in [1.82, 2.24) is 0 Å². The first-order chi connectivity index (χ1) is 7.92. The van der Waals surface area contributed by atoms with Crippen molar-refractivity contribution in [3.05, 3.63) is 23.8 Å². The van der Waals surface area contributed by atoms with Gasteiger partial charge >= 0.3 is 0 Å². The SMILES string of the molecule is CCC(C)(OC)C(=O)Nc1ccc(C)c(O)c1. The van der Waals surface area contributed by atoms with Crippen LogP contribution in [0.2, 0.25) is 0 Å². The first-order valence-corrected chi connectivity index (χ1v) is 5.59. The summed E-state index contributed by atoms with van der Waals surface area (Å²) in [7, 11) is 1.51. The van der Waals surface area contributed by atoms with Crippen molar-refractivity contribution in [3.63, 3.8) is 0 Å². The maximum atomic E-state index is 12.0. The molecule has 4 heteroatoms. The average molecular weight is 237 g/mol. The molecule has 4 nitrogen and oxygen atoms in total. The van der Waals surface area contributed by atoms with E-state index in [1.165, 1.54) is 13.2 Å². The van der Waals surface area contributed by atoms with Crippen LogP contribution in [-0.4, -0.2) is 23.7 Å². The summed E-state index contributed by atoms with van der Waals surface area (Å²) >= 11 is 0. The topological polar surface area (TPSA) is 58.6 Å². The van der Waals surface area contributed by atoms with Gasteiger partial charge in [-0.3, -0.25) is 4.79 Å². The van der Waals surface area contributed by atoms with Crippen LogP contribution in [-0.2, 0) is 9.53 Å². The molecule has 0 aliphatic carbocycles. The fourth-order valence-corrected chi connectivity index (χ4v) is 1.35. The molecule has 17 heavy (non-hydrogen) atoms. The lowest BCUT2D eigenvalue weighted by Gasteiger charge is -2.25. The number of methoxy groups -OCH3 is 1. The lowest BCUT2D eigenvalue weighted by molar-refractivity contribution is -0.136. The second-order valence-corrected chi connectivity index (χ2v) is 4.24. The lowest BCUT2D eigenvalue weighted by atomic mass is 10.0. The number of rotatable bonds is 4. The number of aromatic hydroxyl groups is 1. The molecular weight excluding hydrogens is 218 g/mol. The van der Waals surface area contributed by atoms with Crippen LogP contribution in [0.1, 0.15) is 25.8 Å². The molecule has 0 spiro atoms. The molecule has 1 rings (SSSR count). The molecular formula is C13H19NO3. The summed E-state index contributed by atoms with van der Waals surface area (Å²) < 4.78 is 5.20. The number of amides is 1. The second-order valence-electron chi connectivity index (χ2n) is 4.24. The minimum atomic E-state index is -0.847. The first-order valence-electron chi connectivity index (χ1n) is 5.59. The smallest absolute Gasteiger partial charge is 0.256 e. The summed E-state index contributed by atoms with van der Waals surface area (Å²) in [5.41, 5.74) is 0.489. The fraction of sp³-hybridized carbons (Fsp3) is 0.462. The Morgan fingerprint density at radius 1 is 1.53 bits per heavy atom. The fourth-order valence-electron chi connectivity index (χ4n) is 1.35. The van der Waals surface area contributed by atoms with E-state index in [9.17, 15) is 9.90 Å². The summed E-state index contributed by atoms with van der Waals surface area (Å²) in [6.45, 7) is 5.42. The van der Waals surface area contributed by atoms with Crippen LogP contribution in [0.5, 0.6) is 5.75 Å². The Balaban J connectivity index is 2.84. The Hall–Kier alpha value is -1.55. The molecule has 0 aliphatic rings. The molecule has 0 aliphatic heterocycles. The monoisotopic (exact) mass is 237 g/mol. The number of ether oxygens (including phenoxy) is 1. The third-order valence-corrected chi connectivity index (χ3v) is 3.07. The molecule has 0 saturated heterocycles. The summed E-state index contributed by atoms with van der Waals surface area (Å²) in [6.07, 6.45) is 0.577. The van der Waals surface area contributed by atoms with E-state index >= 15 is 0 Å². The van der Waals surface area contributed by atoms with E-state index in [0.717, 1.165) is 5.56 Å². The number of carbonyl (C=O) groups excluding carboxylic acids is 1. The van der Waals surface area contributed by atoms with Crippen molar-refractivity contribution >= 4 is 11.6 Å². The second kappa shape index (κ2) is 5.19. The Morgan fingerprint density at radius 3 is 2.65 bits per heavy atom. The molecule has 0 radical (unpaired) electrons. The molecule has 0 fully saturated rings. The van der Waals surface area contributed by atoms with Crippen molar-refractivity contribution in [2.24, 2.45) is 0 Å². The molecule has 0 heterocycles. The number of benzene rings is 1. The predicted octanol–water partition coefficient (Wildman–Crippen LogP) is 2.45. The van der Waals surface area contributed by atoms with Crippen molar-refractivity contribution in [2.75, 3.05) is 12.4 Å². The number of anilines is 1. The molecule has 0 saturated carbocycles. The number of hydrogen-bond acceptors (Lipinski definition) is 3. The van der Waals surface area contributed by atoms with Crippen LogP contribution >= 0.6 is 0 Å². The summed E-state index contributed by atoms with van der Waals surface area (Å²) in [5.74, 6) is -0.0517. The predicted molar refractivity (Wildman–Crippen MR) is 67.2 cm³/mol. The van der Waals surface area contributed by atoms with Crippen molar-refractivity contribution in [3.8, 4) is 5.75 Å². The third kappa shape index (κ3) is 2.97. The minimum Gasteiger partial charge on any atom is -0.508 e. The van der Waals surface area contributed by atoms with Gasteiger partial charge in [0.1, 0.15) is 11.4 Å².